The maximum absolute atomic E-state index is 13.9. The average Bonchev–Trinajstić information content (AvgIpc) is 2.71. The molecule has 0 aromatic heterocycles. The van der Waals surface area contributed by atoms with E-state index in [1.165, 1.54) is 11.6 Å². The minimum absolute atomic E-state index is 0.103. The molecule has 4 heteroatoms. The third-order valence-corrected chi connectivity index (χ3v) is 5.80. The second-order valence-electron chi connectivity index (χ2n) is 7.72. The summed E-state index contributed by atoms with van der Waals surface area (Å²) in [6.07, 6.45) is 7.54. The lowest BCUT2D eigenvalue weighted by Crippen LogP contribution is -2.51. The third kappa shape index (κ3) is 4.27. The summed E-state index contributed by atoms with van der Waals surface area (Å²) in [4.78, 5) is 14.7. The van der Waals surface area contributed by atoms with E-state index in [4.69, 9.17) is 4.74 Å². The van der Waals surface area contributed by atoms with Gasteiger partial charge in [-0.25, -0.2) is 9.18 Å². The first-order valence-electron chi connectivity index (χ1n) is 10.1. The second kappa shape index (κ2) is 8.59. The van der Waals surface area contributed by atoms with Gasteiger partial charge in [0.05, 0.1) is 6.04 Å². The number of piperidine rings is 1. The van der Waals surface area contributed by atoms with Gasteiger partial charge in [-0.3, -0.25) is 4.90 Å². The molecule has 28 heavy (non-hydrogen) atoms. The van der Waals surface area contributed by atoms with E-state index in [-0.39, 0.29) is 24.0 Å². The summed E-state index contributed by atoms with van der Waals surface area (Å²) in [5.41, 5.74) is 3.10. The molecule has 2 aliphatic rings. The van der Waals surface area contributed by atoms with E-state index in [0.717, 1.165) is 43.2 Å². The molecule has 0 radical (unpaired) electrons. The van der Waals surface area contributed by atoms with Crippen LogP contribution in [0.15, 0.2) is 66.2 Å². The Labute approximate surface area is 165 Å². The Morgan fingerprint density at radius 2 is 1.82 bits per heavy atom. The van der Waals surface area contributed by atoms with E-state index in [1.807, 2.05) is 47.4 Å². The Hall–Kier alpha value is -2.62. The molecule has 2 unspecified atom stereocenters. The van der Waals surface area contributed by atoms with Crippen LogP contribution < -0.4 is 0 Å². The molecule has 2 atom stereocenters. The Bertz CT molecular complexity index is 849. The molecular weight excluding hydrogens is 353 g/mol. The number of hydrogen-bond acceptors (Lipinski definition) is 2. The molecule has 0 saturated carbocycles. The van der Waals surface area contributed by atoms with Crippen molar-refractivity contribution >= 4 is 6.09 Å². The topological polar surface area (TPSA) is 29.5 Å². The number of aryl methyl sites for hydroxylation is 1. The molecule has 0 N–H and O–H groups in total. The number of nitrogens with zero attached hydrogens (tertiary/aromatic N) is 1. The highest BCUT2D eigenvalue weighted by Crippen LogP contribution is 2.35. The maximum atomic E-state index is 13.9. The molecule has 2 aromatic rings. The lowest BCUT2D eigenvalue weighted by Gasteiger charge is -2.44. The Kier molecular flexibility index (Phi) is 5.75. The Morgan fingerprint density at radius 1 is 1.04 bits per heavy atom. The van der Waals surface area contributed by atoms with Crippen molar-refractivity contribution in [3.8, 4) is 0 Å². The number of carbonyl (C=O) groups is 1. The normalized spacial score (nSPS) is 21.2. The summed E-state index contributed by atoms with van der Waals surface area (Å²) in [7, 11) is 0. The van der Waals surface area contributed by atoms with Crippen molar-refractivity contribution in [1.82, 2.24) is 4.90 Å². The largest absolute Gasteiger partial charge is 0.445 e. The second-order valence-corrected chi connectivity index (χ2v) is 7.72. The molecule has 0 spiro atoms. The average molecular weight is 379 g/mol. The first kappa shape index (κ1) is 18.7. The molecule has 3 nitrogen and oxygen atoms in total. The Morgan fingerprint density at radius 3 is 2.61 bits per heavy atom. The predicted octanol–water partition coefficient (Wildman–Crippen LogP) is 5.65. The van der Waals surface area contributed by atoms with Gasteiger partial charge < -0.3 is 4.74 Å². The minimum Gasteiger partial charge on any atom is -0.445 e. The number of hydrogen-bond donors (Lipinski definition) is 0. The zero-order valence-corrected chi connectivity index (χ0v) is 16.0. The van der Waals surface area contributed by atoms with Gasteiger partial charge >= 0.3 is 6.09 Å². The van der Waals surface area contributed by atoms with Crippen LogP contribution in [0, 0.1) is 5.82 Å². The monoisotopic (exact) mass is 379 g/mol. The van der Waals surface area contributed by atoms with Crippen LogP contribution in [0.4, 0.5) is 9.18 Å². The Balaban J connectivity index is 1.39. The molecule has 2 aliphatic heterocycles. The van der Waals surface area contributed by atoms with Crippen molar-refractivity contribution in [1.29, 1.82) is 0 Å². The van der Waals surface area contributed by atoms with E-state index in [2.05, 4.69) is 6.08 Å². The standard InChI is InChI=1S/C24H26FNO2/c25-23-12-5-4-9-20(23)14-13-19-15-21-10-6-11-22(16-19)26(21)24(27)28-17-18-7-2-1-3-8-18/h1-5,7-9,12,15,21-22H,6,10-11,13-14,16-17H2. The van der Waals surface area contributed by atoms with E-state index in [0.29, 0.717) is 13.0 Å². The van der Waals surface area contributed by atoms with Gasteiger partial charge in [-0.1, -0.05) is 60.2 Å². The van der Waals surface area contributed by atoms with Gasteiger partial charge in [-0.05, 0) is 55.7 Å². The lowest BCUT2D eigenvalue weighted by atomic mass is 9.83. The van der Waals surface area contributed by atoms with Crippen LogP contribution in [0.5, 0.6) is 0 Å². The fourth-order valence-corrected chi connectivity index (χ4v) is 4.38. The van der Waals surface area contributed by atoms with Crippen LogP contribution in [0.25, 0.3) is 0 Å². The number of benzene rings is 2. The first-order valence-corrected chi connectivity index (χ1v) is 10.1. The number of halogens is 1. The zero-order chi connectivity index (χ0) is 19.3. The van der Waals surface area contributed by atoms with Crippen molar-refractivity contribution in [2.75, 3.05) is 0 Å². The highest BCUT2D eigenvalue weighted by molar-refractivity contribution is 5.69. The summed E-state index contributed by atoms with van der Waals surface area (Å²) >= 11 is 0. The summed E-state index contributed by atoms with van der Waals surface area (Å²) in [5.74, 6) is -0.134. The van der Waals surface area contributed by atoms with Crippen LogP contribution in [0.1, 0.15) is 43.2 Å². The van der Waals surface area contributed by atoms with Crippen molar-refractivity contribution in [3.63, 3.8) is 0 Å². The van der Waals surface area contributed by atoms with Gasteiger partial charge in [0.1, 0.15) is 12.4 Å². The molecule has 1 fully saturated rings. The van der Waals surface area contributed by atoms with Crippen molar-refractivity contribution in [3.05, 3.63) is 83.2 Å². The molecule has 2 aromatic carbocycles. The van der Waals surface area contributed by atoms with Gasteiger partial charge in [-0.15, -0.1) is 0 Å². The van der Waals surface area contributed by atoms with Crippen molar-refractivity contribution in [2.45, 2.75) is 57.2 Å². The molecule has 0 aliphatic carbocycles. The van der Waals surface area contributed by atoms with Gasteiger partial charge in [0, 0.05) is 6.04 Å². The van der Waals surface area contributed by atoms with Gasteiger partial charge in [0.2, 0.25) is 0 Å². The third-order valence-electron chi connectivity index (χ3n) is 5.80. The van der Waals surface area contributed by atoms with E-state index in [9.17, 15) is 9.18 Å². The molecule has 146 valence electrons. The van der Waals surface area contributed by atoms with E-state index >= 15 is 0 Å². The molecular formula is C24H26FNO2. The molecule has 4 rings (SSSR count). The number of fused-ring (bicyclic) bond motifs is 2. The summed E-state index contributed by atoms with van der Waals surface area (Å²) < 4.78 is 19.5. The van der Waals surface area contributed by atoms with Crippen LogP contribution in [0.2, 0.25) is 0 Å². The summed E-state index contributed by atoms with van der Waals surface area (Å²) in [6.45, 7) is 0.305. The van der Waals surface area contributed by atoms with Crippen molar-refractivity contribution in [2.24, 2.45) is 0 Å². The predicted molar refractivity (Wildman–Crippen MR) is 107 cm³/mol. The minimum atomic E-state index is -0.219. The lowest BCUT2D eigenvalue weighted by molar-refractivity contribution is 0.0479. The van der Waals surface area contributed by atoms with E-state index < -0.39 is 0 Å². The number of ether oxygens (including phenoxy) is 1. The highest BCUT2D eigenvalue weighted by atomic mass is 19.1. The first-order chi connectivity index (χ1) is 13.7. The SMILES string of the molecule is O=C(OCc1ccccc1)N1C2C=C(CCc3ccccc3F)CC1CCC2. The number of amides is 1. The number of carbonyl (C=O) groups excluding carboxylic acids is 1. The molecule has 2 bridgehead atoms. The van der Waals surface area contributed by atoms with Crippen molar-refractivity contribution < 1.29 is 13.9 Å². The van der Waals surface area contributed by atoms with Crippen LogP contribution in [-0.2, 0) is 17.8 Å². The van der Waals surface area contributed by atoms with Gasteiger partial charge in [-0.2, -0.15) is 0 Å². The van der Waals surface area contributed by atoms with Crippen LogP contribution in [0.3, 0.4) is 0 Å². The molecule has 1 saturated heterocycles. The maximum Gasteiger partial charge on any atom is 0.410 e. The summed E-state index contributed by atoms with van der Waals surface area (Å²) in [6, 6.07) is 17.1. The quantitative estimate of drug-likeness (QED) is 0.629. The van der Waals surface area contributed by atoms with Gasteiger partial charge in [0.15, 0.2) is 0 Å². The van der Waals surface area contributed by atoms with Gasteiger partial charge in [0.25, 0.3) is 0 Å². The summed E-state index contributed by atoms with van der Waals surface area (Å²) in [5, 5.41) is 0. The van der Waals surface area contributed by atoms with Crippen LogP contribution >= 0.6 is 0 Å². The fourth-order valence-electron chi connectivity index (χ4n) is 4.38. The fraction of sp³-hybridized carbons (Fsp3) is 0.375. The highest BCUT2D eigenvalue weighted by Gasteiger charge is 2.37. The van der Waals surface area contributed by atoms with E-state index in [1.54, 1.807) is 6.07 Å². The number of rotatable bonds is 5. The molecule has 1 amide bonds. The molecule has 2 heterocycles. The zero-order valence-electron chi connectivity index (χ0n) is 16.0. The van der Waals surface area contributed by atoms with Crippen LogP contribution in [-0.4, -0.2) is 23.1 Å². The smallest absolute Gasteiger partial charge is 0.410 e.